The fourth-order valence-electron chi connectivity index (χ4n) is 3.02. The van der Waals surface area contributed by atoms with E-state index < -0.39 is 30.4 Å². The van der Waals surface area contributed by atoms with Crippen molar-refractivity contribution in [1.29, 1.82) is 0 Å². The van der Waals surface area contributed by atoms with Gasteiger partial charge in [-0.15, -0.1) is 0 Å². The molecule has 0 radical (unpaired) electrons. The van der Waals surface area contributed by atoms with Crippen LogP contribution in [-0.2, 0) is 20.7 Å². The number of hydrogen-bond acceptors (Lipinski definition) is 6. The Kier molecular flexibility index (Phi) is 7.64. The number of rotatable bonds is 9. The quantitative estimate of drug-likeness (QED) is 0.499. The highest BCUT2D eigenvalue weighted by Gasteiger charge is 2.25. The molecule has 2 aromatic carbocycles. The number of ether oxygens (including phenoxy) is 2. The molecule has 1 atom stereocenters. The SMILES string of the molecule is COc1ccc(C)cc1NC(=O)COC(=O)[C@H](Cc1ccccc1)NC(=O)c1ccco1. The maximum absolute atomic E-state index is 12.7. The predicted molar refractivity (Wildman–Crippen MR) is 117 cm³/mol. The van der Waals surface area contributed by atoms with Gasteiger partial charge in [-0.25, -0.2) is 4.79 Å². The molecule has 0 bridgehead atoms. The first kappa shape index (κ1) is 22.6. The molecule has 0 saturated carbocycles. The Morgan fingerprint density at radius 1 is 1.03 bits per heavy atom. The first-order chi connectivity index (χ1) is 15.5. The summed E-state index contributed by atoms with van der Waals surface area (Å²) in [7, 11) is 1.50. The Balaban J connectivity index is 1.64. The van der Waals surface area contributed by atoms with Crippen molar-refractivity contribution in [3.63, 3.8) is 0 Å². The molecule has 2 amide bonds. The normalized spacial score (nSPS) is 11.3. The summed E-state index contributed by atoms with van der Waals surface area (Å²) in [6, 6.07) is 16.6. The molecule has 0 aliphatic carbocycles. The van der Waals surface area contributed by atoms with E-state index in [1.807, 2.05) is 43.3 Å². The molecule has 1 heterocycles. The zero-order valence-corrected chi connectivity index (χ0v) is 17.8. The van der Waals surface area contributed by atoms with Crippen LogP contribution < -0.4 is 15.4 Å². The lowest BCUT2D eigenvalue weighted by Crippen LogP contribution is -2.44. The second-order valence-electron chi connectivity index (χ2n) is 7.05. The summed E-state index contributed by atoms with van der Waals surface area (Å²) >= 11 is 0. The molecule has 0 unspecified atom stereocenters. The van der Waals surface area contributed by atoms with Crippen LogP contribution in [0, 0.1) is 6.92 Å². The molecule has 1 aromatic heterocycles. The van der Waals surface area contributed by atoms with Gasteiger partial charge in [-0.3, -0.25) is 9.59 Å². The van der Waals surface area contributed by atoms with Crippen LogP contribution in [0.5, 0.6) is 5.75 Å². The number of aryl methyl sites for hydroxylation is 1. The molecule has 3 aromatic rings. The largest absolute Gasteiger partial charge is 0.495 e. The molecule has 3 rings (SSSR count). The maximum Gasteiger partial charge on any atom is 0.329 e. The number of anilines is 1. The van der Waals surface area contributed by atoms with Gasteiger partial charge < -0.3 is 24.5 Å². The van der Waals surface area contributed by atoms with Crippen molar-refractivity contribution in [1.82, 2.24) is 5.32 Å². The average Bonchev–Trinajstić information content (AvgIpc) is 3.33. The van der Waals surface area contributed by atoms with Gasteiger partial charge in [0.05, 0.1) is 19.1 Å². The number of nitrogens with one attached hydrogen (secondary N) is 2. The Hall–Kier alpha value is -4.07. The first-order valence-electron chi connectivity index (χ1n) is 9.95. The number of esters is 1. The van der Waals surface area contributed by atoms with Crippen molar-refractivity contribution in [2.45, 2.75) is 19.4 Å². The average molecular weight is 436 g/mol. The Bertz CT molecular complexity index is 1060. The zero-order chi connectivity index (χ0) is 22.9. The molecule has 8 nitrogen and oxygen atoms in total. The van der Waals surface area contributed by atoms with E-state index in [4.69, 9.17) is 13.9 Å². The van der Waals surface area contributed by atoms with Gasteiger partial charge in [0.2, 0.25) is 0 Å². The summed E-state index contributed by atoms with van der Waals surface area (Å²) in [6.07, 6.45) is 1.56. The number of hydrogen-bond donors (Lipinski definition) is 2. The summed E-state index contributed by atoms with van der Waals surface area (Å²) in [6.45, 7) is 1.36. The number of methoxy groups -OCH3 is 1. The lowest BCUT2D eigenvalue weighted by atomic mass is 10.1. The molecule has 2 N–H and O–H groups in total. The van der Waals surface area contributed by atoms with Crippen LogP contribution in [0.4, 0.5) is 5.69 Å². The second-order valence-corrected chi connectivity index (χ2v) is 7.05. The van der Waals surface area contributed by atoms with E-state index in [9.17, 15) is 14.4 Å². The van der Waals surface area contributed by atoms with Gasteiger partial charge >= 0.3 is 5.97 Å². The molecular weight excluding hydrogens is 412 g/mol. The van der Waals surface area contributed by atoms with Gasteiger partial charge in [-0.1, -0.05) is 36.4 Å². The Morgan fingerprint density at radius 3 is 2.50 bits per heavy atom. The van der Waals surface area contributed by atoms with Crippen molar-refractivity contribution in [3.8, 4) is 5.75 Å². The predicted octanol–water partition coefficient (Wildman–Crippen LogP) is 3.12. The summed E-state index contributed by atoms with van der Waals surface area (Å²) in [5.74, 6) is -1.26. The zero-order valence-electron chi connectivity index (χ0n) is 17.8. The van der Waals surface area contributed by atoms with Gasteiger partial charge in [0.15, 0.2) is 12.4 Å². The van der Waals surface area contributed by atoms with E-state index in [-0.39, 0.29) is 12.2 Å². The van der Waals surface area contributed by atoms with E-state index in [1.54, 1.807) is 18.2 Å². The number of amides is 2. The molecular formula is C24H24N2O6. The smallest absolute Gasteiger partial charge is 0.329 e. The Morgan fingerprint density at radius 2 is 1.81 bits per heavy atom. The van der Waals surface area contributed by atoms with E-state index in [0.29, 0.717) is 11.4 Å². The fourth-order valence-corrected chi connectivity index (χ4v) is 3.02. The lowest BCUT2D eigenvalue weighted by Gasteiger charge is -2.17. The van der Waals surface area contributed by atoms with Gasteiger partial charge in [0.25, 0.3) is 11.8 Å². The fraction of sp³-hybridized carbons (Fsp3) is 0.208. The van der Waals surface area contributed by atoms with Gasteiger partial charge in [-0.05, 0) is 42.3 Å². The molecule has 0 aliphatic rings. The third-order valence-electron chi connectivity index (χ3n) is 4.59. The molecule has 32 heavy (non-hydrogen) atoms. The molecule has 0 spiro atoms. The number of benzene rings is 2. The van der Waals surface area contributed by atoms with Crippen molar-refractivity contribution < 1.29 is 28.3 Å². The van der Waals surface area contributed by atoms with E-state index in [0.717, 1.165) is 11.1 Å². The van der Waals surface area contributed by atoms with Crippen molar-refractivity contribution in [2.75, 3.05) is 19.0 Å². The van der Waals surface area contributed by atoms with E-state index >= 15 is 0 Å². The standard InChI is InChI=1S/C24H24N2O6/c1-16-10-11-20(30-2)18(13-16)25-22(27)15-32-24(29)19(14-17-7-4-3-5-8-17)26-23(28)21-9-6-12-31-21/h3-13,19H,14-15H2,1-2H3,(H,25,27)(H,26,28)/t19-/m0/s1. The summed E-state index contributed by atoms with van der Waals surface area (Å²) in [5.41, 5.74) is 2.23. The molecule has 166 valence electrons. The topological polar surface area (TPSA) is 107 Å². The van der Waals surface area contributed by atoms with E-state index in [1.165, 1.54) is 19.4 Å². The van der Waals surface area contributed by atoms with Crippen LogP contribution in [0.2, 0.25) is 0 Å². The van der Waals surface area contributed by atoms with Crippen molar-refractivity contribution >= 4 is 23.5 Å². The van der Waals surface area contributed by atoms with Crippen LogP contribution in [-0.4, -0.2) is 37.5 Å². The molecule has 8 heteroatoms. The minimum Gasteiger partial charge on any atom is -0.495 e. The highest BCUT2D eigenvalue weighted by molar-refractivity contribution is 5.96. The minimum atomic E-state index is -1.00. The highest BCUT2D eigenvalue weighted by atomic mass is 16.5. The van der Waals surface area contributed by atoms with Crippen molar-refractivity contribution in [3.05, 3.63) is 83.8 Å². The van der Waals surface area contributed by atoms with Crippen LogP contribution in [0.15, 0.2) is 71.3 Å². The second kappa shape index (κ2) is 10.8. The van der Waals surface area contributed by atoms with Gasteiger partial charge in [0.1, 0.15) is 11.8 Å². The Labute approximate surface area is 185 Å². The first-order valence-corrected chi connectivity index (χ1v) is 9.95. The summed E-state index contributed by atoms with van der Waals surface area (Å²) in [4.78, 5) is 37.4. The van der Waals surface area contributed by atoms with Gasteiger partial charge in [-0.2, -0.15) is 0 Å². The number of carbonyl (C=O) groups excluding carboxylic acids is 3. The number of furan rings is 1. The van der Waals surface area contributed by atoms with E-state index in [2.05, 4.69) is 10.6 Å². The summed E-state index contributed by atoms with van der Waals surface area (Å²) < 4.78 is 15.5. The minimum absolute atomic E-state index is 0.0696. The highest BCUT2D eigenvalue weighted by Crippen LogP contribution is 2.25. The van der Waals surface area contributed by atoms with Crippen LogP contribution >= 0.6 is 0 Å². The van der Waals surface area contributed by atoms with Crippen LogP contribution in [0.1, 0.15) is 21.7 Å². The molecule has 0 fully saturated rings. The third-order valence-corrected chi connectivity index (χ3v) is 4.59. The monoisotopic (exact) mass is 436 g/mol. The number of carbonyl (C=O) groups is 3. The van der Waals surface area contributed by atoms with Gasteiger partial charge in [0, 0.05) is 6.42 Å². The lowest BCUT2D eigenvalue weighted by molar-refractivity contribution is -0.149. The molecule has 0 aliphatic heterocycles. The van der Waals surface area contributed by atoms with Crippen molar-refractivity contribution in [2.24, 2.45) is 0 Å². The summed E-state index contributed by atoms with van der Waals surface area (Å²) in [5, 5.41) is 5.27. The van der Waals surface area contributed by atoms with Crippen LogP contribution in [0.3, 0.4) is 0 Å². The third kappa shape index (κ3) is 6.21. The van der Waals surface area contributed by atoms with Crippen LogP contribution in [0.25, 0.3) is 0 Å². The maximum atomic E-state index is 12.7. The molecule has 0 saturated heterocycles.